The van der Waals surface area contributed by atoms with Crippen LogP contribution in [0.1, 0.15) is 10.4 Å². The van der Waals surface area contributed by atoms with Crippen molar-refractivity contribution in [3.8, 4) is 17.0 Å². The minimum absolute atomic E-state index is 0.0997. The number of benzene rings is 3. The van der Waals surface area contributed by atoms with E-state index in [0.717, 1.165) is 10.9 Å². The summed E-state index contributed by atoms with van der Waals surface area (Å²) in [7, 11) is 1.55. The molecule has 0 radical (unpaired) electrons. The maximum atomic E-state index is 14.0. The van der Waals surface area contributed by atoms with Gasteiger partial charge in [-0.15, -0.1) is 0 Å². The number of pyridine rings is 1. The number of aromatic nitrogens is 1. The second kappa shape index (κ2) is 8.56. The number of para-hydroxylation sites is 3. The van der Waals surface area contributed by atoms with Crippen LogP contribution < -0.4 is 15.0 Å². The summed E-state index contributed by atoms with van der Waals surface area (Å²) in [6.45, 7) is 0.0997. The Balaban J connectivity index is 1.64. The fourth-order valence-electron chi connectivity index (χ4n) is 3.99. The van der Waals surface area contributed by atoms with Crippen LogP contribution in [0.4, 0.5) is 5.69 Å². The van der Waals surface area contributed by atoms with Crippen LogP contribution in [0.3, 0.4) is 0 Å². The van der Waals surface area contributed by atoms with Crippen LogP contribution in [0.2, 0.25) is 5.02 Å². The molecule has 1 aliphatic rings. The third kappa shape index (κ3) is 3.90. The standard InChI is InChI=1S/C26H20ClN3O3/c1-28-25(31)24-15-30(22-8-4-5-9-23(22)33-24)26(32)19-14-21(16-10-12-17(27)13-11-16)29-20-7-3-2-6-18(19)20/h2-14,24H,15H2,1H3,(H,28,31)/t24-/m1/s1. The first-order valence-corrected chi connectivity index (χ1v) is 10.9. The number of fused-ring (bicyclic) bond motifs is 2. The second-order valence-corrected chi connectivity index (χ2v) is 8.12. The Kier molecular flexibility index (Phi) is 5.44. The highest BCUT2D eigenvalue weighted by molar-refractivity contribution is 6.30. The third-order valence-electron chi connectivity index (χ3n) is 5.64. The molecular weight excluding hydrogens is 438 g/mol. The van der Waals surface area contributed by atoms with Gasteiger partial charge in [-0.25, -0.2) is 4.98 Å². The van der Waals surface area contributed by atoms with Gasteiger partial charge < -0.3 is 15.0 Å². The Labute approximate surface area is 195 Å². The van der Waals surface area contributed by atoms with Crippen LogP contribution in [-0.4, -0.2) is 36.5 Å². The second-order valence-electron chi connectivity index (χ2n) is 7.68. The molecule has 33 heavy (non-hydrogen) atoms. The molecule has 0 saturated carbocycles. The molecule has 4 aromatic rings. The van der Waals surface area contributed by atoms with Crippen LogP contribution >= 0.6 is 11.6 Å². The van der Waals surface area contributed by atoms with Gasteiger partial charge in [-0.05, 0) is 36.4 Å². The normalized spacial score (nSPS) is 15.0. The first kappa shape index (κ1) is 21.0. The van der Waals surface area contributed by atoms with Gasteiger partial charge in [-0.2, -0.15) is 0 Å². The molecule has 0 aliphatic carbocycles. The minimum atomic E-state index is -0.808. The molecule has 164 valence electrons. The van der Waals surface area contributed by atoms with Gasteiger partial charge in [0.15, 0.2) is 6.10 Å². The van der Waals surface area contributed by atoms with Gasteiger partial charge in [0.05, 0.1) is 29.0 Å². The number of ether oxygens (including phenoxy) is 1. The van der Waals surface area contributed by atoms with E-state index in [9.17, 15) is 9.59 Å². The lowest BCUT2D eigenvalue weighted by Gasteiger charge is -2.34. The highest BCUT2D eigenvalue weighted by Crippen LogP contribution is 2.35. The highest BCUT2D eigenvalue weighted by Gasteiger charge is 2.34. The monoisotopic (exact) mass is 457 g/mol. The molecule has 3 aromatic carbocycles. The van der Waals surface area contributed by atoms with Crippen molar-refractivity contribution in [2.24, 2.45) is 0 Å². The fourth-order valence-corrected chi connectivity index (χ4v) is 4.12. The van der Waals surface area contributed by atoms with Gasteiger partial charge in [-0.1, -0.05) is 54.1 Å². The highest BCUT2D eigenvalue weighted by atomic mass is 35.5. The Morgan fingerprint density at radius 3 is 2.55 bits per heavy atom. The first-order chi connectivity index (χ1) is 16.0. The number of carbonyl (C=O) groups is 2. The summed E-state index contributed by atoms with van der Waals surface area (Å²) in [5.41, 5.74) is 3.34. The largest absolute Gasteiger partial charge is 0.477 e. The van der Waals surface area contributed by atoms with Crippen molar-refractivity contribution < 1.29 is 14.3 Å². The Morgan fingerprint density at radius 1 is 1.03 bits per heavy atom. The van der Waals surface area contributed by atoms with Gasteiger partial charge in [0.25, 0.3) is 11.8 Å². The van der Waals surface area contributed by atoms with Crippen molar-refractivity contribution in [2.75, 3.05) is 18.5 Å². The number of nitrogens with zero attached hydrogens (tertiary/aromatic N) is 2. The Hall–Kier alpha value is -3.90. The summed E-state index contributed by atoms with van der Waals surface area (Å²) in [6, 6.07) is 23.9. The molecule has 6 nitrogen and oxygen atoms in total. The molecule has 2 amide bonds. The predicted octanol–water partition coefficient (Wildman–Crippen LogP) is 4.71. The number of anilines is 1. The van der Waals surface area contributed by atoms with E-state index in [1.807, 2.05) is 54.6 Å². The van der Waals surface area contributed by atoms with E-state index in [-0.39, 0.29) is 18.4 Å². The topological polar surface area (TPSA) is 71.5 Å². The van der Waals surface area contributed by atoms with Crippen LogP contribution in [0.5, 0.6) is 5.75 Å². The summed E-state index contributed by atoms with van der Waals surface area (Å²) >= 11 is 6.05. The average Bonchev–Trinajstić information content (AvgIpc) is 2.87. The van der Waals surface area contributed by atoms with Crippen molar-refractivity contribution in [1.82, 2.24) is 10.3 Å². The van der Waals surface area contributed by atoms with Crippen LogP contribution in [0.25, 0.3) is 22.2 Å². The van der Waals surface area contributed by atoms with Gasteiger partial charge in [0, 0.05) is 23.0 Å². The van der Waals surface area contributed by atoms with Crippen LogP contribution in [0, 0.1) is 0 Å². The van der Waals surface area contributed by atoms with Crippen molar-refractivity contribution in [3.63, 3.8) is 0 Å². The maximum absolute atomic E-state index is 14.0. The molecule has 0 fully saturated rings. The van der Waals surface area contributed by atoms with E-state index in [1.54, 1.807) is 36.2 Å². The molecule has 0 bridgehead atoms. The molecule has 1 atom stereocenters. The van der Waals surface area contributed by atoms with Gasteiger partial charge in [-0.3, -0.25) is 9.59 Å². The summed E-state index contributed by atoms with van der Waals surface area (Å²) in [5, 5.41) is 3.97. The van der Waals surface area contributed by atoms with E-state index in [4.69, 9.17) is 21.3 Å². The molecule has 0 unspecified atom stereocenters. The lowest BCUT2D eigenvalue weighted by Crippen LogP contribution is -2.50. The summed E-state index contributed by atoms with van der Waals surface area (Å²) < 4.78 is 5.86. The zero-order valence-corrected chi connectivity index (χ0v) is 18.5. The maximum Gasteiger partial charge on any atom is 0.262 e. The van der Waals surface area contributed by atoms with Crippen molar-refractivity contribution in [1.29, 1.82) is 0 Å². The quantitative estimate of drug-likeness (QED) is 0.483. The number of nitrogens with one attached hydrogen (secondary N) is 1. The zero-order valence-electron chi connectivity index (χ0n) is 17.8. The molecule has 7 heteroatoms. The van der Waals surface area contributed by atoms with Crippen LogP contribution in [0.15, 0.2) is 78.9 Å². The summed E-state index contributed by atoms with van der Waals surface area (Å²) in [6.07, 6.45) is -0.808. The van der Waals surface area contributed by atoms with Crippen molar-refractivity contribution in [3.05, 3.63) is 89.4 Å². The number of carbonyl (C=O) groups excluding carboxylic acids is 2. The fraction of sp³-hybridized carbons (Fsp3) is 0.115. The van der Waals surface area contributed by atoms with Crippen LogP contribution in [-0.2, 0) is 4.79 Å². The van der Waals surface area contributed by atoms with Gasteiger partial charge in [0.2, 0.25) is 0 Å². The number of amides is 2. The molecule has 2 heterocycles. The lowest BCUT2D eigenvalue weighted by atomic mass is 10.0. The van der Waals surface area contributed by atoms with Crippen molar-refractivity contribution >= 4 is 40.0 Å². The Bertz CT molecular complexity index is 1370. The molecule has 1 aliphatic heterocycles. The van der Waals surface area contributed by atoms with Crippen molar-refractivity contribution in [2.45, 2.75) is 6.10 Å². The number of hydrogen-bond acceptors (Lipinski definition) is 4. The van der Waals surface area contributed by atoms with Gasteiger partial charge in [0.1, 0.15) is 5.75 Å². The average molecular weight is 458 g/mol. The van der Waals surface area contributed by atoms with E-state index in [1.165, 1.54) is 0 Å². The number of rotatable bonds is 3. The molecule has 5 rings (SSSR count). The zero-order chi connectivity index (χ0) is 22.9. The Morgan fingerprint density at radius 2 is 1.76 bits per heavy atom. The summed E-state index contributed by atoms with van der Waals surface area (Å²) in [5.74, 6) is -0.0285. The predicted molar refractivity (Wildman–Crippen MR) is 129 cm³/mol. The van der Waals surface area contributed by atoms with E-state index in [2.05, 4.69) is 5.32 Å². The van der Waals surface area contributed by atoms with E-state index < -0.39 is 6.10 Å². The molecular formula is C26H20ClN3O3. The number of halogens is 1. The lowest BCUT2D eigenvalue weighted by molar-refractivity contribution is -0.127. The minimum Gasteiger partial charge on any atom is -0.477 e. The summed E-state index contributed by atoms with van der Waals surface area (Å²) in [4.78, 5) is 32.7. The number of hydrogen-bond donors (Lipinski definition) is 1. The SMILES string of the molecule is CNC(=O)[C@H]1CN(C(=O)c2cc(-c3ccc(Cl)cc3)nc3ccccc23)c2ccccc2O1. The van der Waals surface area contributed by atoms with E-state index >= 15 is 0 Å². The third-order valence-corrected chi connectivity index (χ3v) is 5.90. The van der Waals surface area contributed by atoms with E-state index in [0.29, 0.717) is 33.2 Å². The van der Waals surface area contributed by atoms with Gasteiger partial charge >= 0.3 is 0 Å². The molecule has 1 aromatic heterocycles. The smallest absolute Gasteiger partial charge is 0.262 e. The molecule has 0 spiro atoms. The number of likely N-dealkylation sites (N-methyl/N-ethyl adjacent to an activating group) is 1. The molecule has 0 saturated heterocycles. The molecule has 1 N–H and O–H groups in total. The first-order valence-electron chi connectivity index (χ1n) is 10.5.